The van der Waals surface area contributed by atoms with Gasteiger partial charge in [-0.05, 0) is 18.6 Å². The third kappa shape index (κ3) is 3.05. The Morgan fingerprint density at radius 2 is 2.25 bits per heavy atom. The second-order valence-electron chi connectivity index (χ2n) is 4.68. The van der Waals surface area contributed by atoms with Gasteiger partial charge in [-0.3, -0.25) is 0 Å². The van der Waals surface area contributed by atoms with Gasteiger partial charge < -0.3 is 4.90 Å². The topological polar surface area (TPSA) is 16.1 Å². The molecule has 1 fully saturated rings. The van der Waals surface area contributed by atoms with E-state index in [9.17, 15) is 0 Å². The Balaban J connectivity index is 2.11. The highest BCUT2D eigenvalue weighted by atomic mass is 35.5. The fourth-order valence-corrected chi connectivity index (χ4v) is 3.14. The zero-order valence-corrected chi connectivity index (χ0v) is 11.3. The minimum atomic E-state index is 0.394. The van der Waals surface area contributed by atoms with E-state index in [0.717, 1.165) is 13.1 Å². The van der Waals surface area contributed by atoms with Gasteiger partial charge in [-0.25, -0.2) is 4.98 Å². The highest BCUT2D eigenvalue weighted by molar-refractivity contribution is 8.00. The zero-order valence-electron chi connectivity index (χ0n) is 9.74. The second kappa shape index (κ2) is 4.84. The van der Waals surface area contributed by atoms with Gasteiger partial charge in [-0.1, -0.05) is 25.4 Å². The molecule has 1 aromatic rings. The largest absolute Gasteiger partial charge is 0.371 e. The Morgan fingerprint density at radius 1 is 1.44 bits per heavy atom. The lowest BCUT2D eigenvalue weighted by Gasteiger charge is -2.24. The van der Waals surface area contributed by atoms with Crippen LogP contribution in [-0.2, 0) is 0 Å². The lowest BCUT2D eigenvalue weighted by Crippen LogP contribution is -2.26. The average Bonchev–Trinajstić information content (AvgIpc) is 2.39. The van der Waals surface area contributed by atoms with E-state index in [0.29, 0.717) is 9.90 Å². The molecule has 0 atom stereocenters. The quantitative estimate of drug-likeness (QED) is 0.716. The summed E-state index contributed by atoms with van der Waals surface area (Å²) in [6.45, 7) is 6.83. The van der Waals surface area contributed by atoms with Crippen molar-refractivity contribution >= 4 is 29.1 Å². The Morgan fingerprint density at radius 3 is 3.00 bits per heavy atom. The first-order valence-corrected chi connectivity index (χ1v) is 6.94. The van der Waals surface area contributed by atoms with Crippen LogP contribution in [0.2, 0.25) is 5.15 Å². The molecule has 1 aromatic heterocycles. The molecule has 0 N–H and O–H groups in total. The van der Waals surface area contributed by atoms with Crippen LogP contribution in [0.25, 0.3) is 0 Å². The summed E-state index contributed by atoms with van der Waals surface area (Å²) in [6.07, 6.45) is 2.98. The summed E-state index contributed by atoms with van der Waals surface area (Å²) in [7, 11) is 0. The van der Waals surface area contributed by atoms with Gasteiger partial charge in [-0.15, -0.1) is 0 Å². The van der Waals surface area contributed by atoms with Crippen LogP contribution in [-0.4, -0.2) is 28.6 Å². The lowest BCUT2D eigenvalue weighted by atomic mass is 10.1. The molecule has 1 saturated heterocycles. The van der Waals surface area contributed by atoms with E-state index in [1.54, 1.807) is 6.20 Å². The Bertz CT molecular complexity index is 368. The van der Waals surface area contributed by atoms with Gasteiger partial charge in [0.25, 0.3) is 0 Å². The first kappa shape index (κ1) is 12.1. The molecule has 0 bridgehead atoms. The maximum Gasteiger partial charge on any atom is 0.131 e. The molecule has 2 rings (SSSR count). The number of thioether (sulfide) groups is 1. The Hall–Kier alpha value is -0.410. The minimum absolute atomic E-state index is 0.394. The van der Waals surface area contributed by atoms with Crippen LogP contribution < -0.4 is 4.90 Å². The first-order chi connectivity index (χ1) is 7.57. The molecule has 0 saturated carbocycles. The monoisotopic (exact) mass is 256 g/mol. The third-order valence-electron chi connectivity index (χ3n) is 2.91. The molecular weight excluding hydrogens is 240 g/mol. The van der Waals surface area contributed by atoms with E-state index in [1.165, 1.54) is 17.9 Å². The van der Waals surface area contributed by atoms with Gasteiger partial charge in [0, 0.05) is 35.5 Å². The van der Waals surface area contributed by atoms with E-state index >= 15 is 0 Å². The second-order valence-corrected chi connectivity index (χ2v) is 6.87. The fraction of sp³-hybridized carbons (Fsp3) is 0.583. The molecule has 0 radical (unpaired) electrons. The van der Waals surface area contributed by atoms with Crippen LogP contribution in [0.5, 0.6) is 0 Å². The van der Waals surface area contributed by atoms with Gasteiger partial charge in [-0.2, -0.15) is 11.8 Å². The number of nitrogens with zero attached hydrogens (tertiary/aromatic N) is 2. The van der Waals surface area contributed by atoms with Gasteiger partial charge in [0.2, 0.25) is 0 Å². The van der Waals surface area contributed by atoms with Crippen molar-refractivity contribution in [2.75, 3.05) is 23.7 Å². The van der Waals surface area contributed by atoms with Crippen molar-refractivity contribution in [3.8, 4) is 0 Å². The predicted octanol–water partition coefficient (Wildman–Crippen LogP) is 3.46. The molecule has 16 heavy (non-hydrogen) atoms. The number of rotatable bonds is 1. The molecule has 88 valence electrons. The zero-order chi connectivity index (χ0) is 11.6. The number of hydrogen-bond donors (Lipinski definition) is 0. The van der Waals surface area contributed by atoms with Crippen molar-refractivity contribution in [1.82, 2.24) is 4.98 Å². The van der Waals surface area contributed by atoms with Crippen LogP contribution in [0.1, 0.15) is 20.3 Å². The summed E-state index contributed by atoms with van der Waals surface area (Å²) in [6, 6.07) is 3.99. The molecule has 1 aliphatic heterocycles. The van der Waals surface area contributed by atoms with E-state index in [2.05, 4.69) is 35.5 Å². The molecule has 0 aliphatic carbocycles. The van der Waals surface area contributed by atoms with Gasteiger partial charge in [0.05, 0.1) is 0 Å². The van der Waals surface area contributed by atoms with Crippen LogP contribution in [0, 0.1) is 0 Å². The summed E-state index contributed by atoms with van der Waals surface area (Å²) < 4.78 is 0.394. The van der Waals surface area contributed by atoms with Crippen molar-refractivity contribution in [3.63, 3.8) is 0 Å². The molecule has 2 nitrogen and oxygen atoms in total. The standard InChI is InChI=1S/C12H17ClN2S/c1-12(2)4-6-15(7-8-16-12)10-3-5-14-11(13)9-10/h3,5,9H,4,6-8H2,1-2H3. The number of anilines is 1. The normalized spacial score (nSPS) is 20.6. The van der Waals surface area contributed by atoms with Crippen LogP contribution in [0.4, 0.5) is 5.69 Å². The molecule has 0 spiro atoms. The molecule has 0 aromatic carbocycles. The van der Waals surface area contributed by atoms with Crippen LogP contribution in [0.15, 0.2) is 18.3 Å². The molecule has 4 heteroatoms. The summed E-state index contributed by atoms with van der Waals surface area (Å²) in [4.78, 5) is 6.42. The summed E-state index contributed by atoms with van der Waals surface area (Å²) >= 11 is 7.97. The van der Waals surface area contributed by atoms with Crippen molar-refractivity contribution in [2.45, 2.75) is 25.0 Å². The van der Waals surface area contributed by atoms with Gasteiger partial charge in [0.15, 0.2) is 0 Å². The summed E-state index contributed by atoms with van der Waals surface area (Å²) in [5.41, 5.74) is 1.19. The smallest absolute Gasteiger partial charge is 0.131 e. The maximum absolute atomic E-state index is 5.92. The lowest BCUT2D eigenvalue weighted by molar-refractivity contribution is 0.637. The van der Waals surface area contributed by atoms with Gasteiger partial charge >= 0.3 is 0 Å². The van der Waals surface area contributed by atoms with Crippen molar-refractivity contribution in [3.05, 3.63) is 23.5 Å². The van der Waals surface area contributed by atoms with Crippen LogP contribution in [0.3, 0.4) is 0 Å². The minimum Gasteiger partial charge on any atom is -0.371 e. The van der Waals surface area contributed by atoms with Crippen molar-refractivity contribution in [1.29, 1.82) is 0 Å². The van der Waals surface area contributed by atoms with Crippen LogP contribution >= 0.6 is 23.4 Å². The first-order valence-electron chi connectivity index (χ1n) is 5.57. The highest BCUT2D eigenvalue weighted by Crippen LogP contribution is 2.32. The molecule has 0 amide bonds. The average molecular weight is 257 g/mol. The number of pyridine rings is 1. The number of aromatic nitrogens is 1. The van der Waals surface area contributed by atoms with E-state index < -0.39 is 0 Å². The third-order valence-corrected chi connectivity index (χ3v) is 4.49. The summed E-state index contributed by atoms with van der Waals surface area (Å²) in [5, 5.41) is 0.577. The predicted molar refractivity (Wildman–Crippen MR) is 72.6 cm³/mol. The number of hydrogen-bond acceptors (Lipinski definition) is 3. The number of halogens is 1. The highest BCUT2D eigenvalue weighted by Gasteiger charge is 2.23. The van der Waals surface area contributed by atoms with Crippen molar-refractivity contribution < 1.29 is 0 Å². The van der Waals surface area contributed by atoms with Gasteiger partial charge in [0.1, 0.15) is 5.15 Å². The molecule has 1 aliphatic rings. The molecule has 2 heterocycles. The molecular formula is C12H17ClN2S. The fourth-order valence-electron chi connectivity index (χ4n) is 1.87. The van der Waals surface area contributed by atoms with Crippen molar-refractivity contribution in [2.24, 2.45) is 0 Å². The summed E-state index contributed by atoms with van der Waals surface area (Å²) in [5.74, 6) is 1.17. The molecule has 0 unspecified atom stereocenters. The maximum atomic E-state index is 5.92. The Labute approximate surface area is 106 Å². The van der Waals surface area contributed by atoms with E-state index in [-0.39, 0.29) is 0 Å². The van der Waals surface area contributed by atoms with E-state index in [1.807, 2.05) is 12.1 Å². The SMILES string of the molecule is CC1(C)CCN(c2ccnc(Cl)c2)CCS1. The van der Waals surface area contributed by atoms with E-state index in [4.69, 9.17) is 11.6 Å². The Kier molecular flexibility index (Phi) is 3.65.